The number of anilines is 1. The average molecular weight is 412 g/mol. The Morgan fingerprint density at radius 3 is 2.54 bits per heavy atom. The number of ether oxygens (including phenoxy) is 2. The average Bonchev–Trinajstić information content (AvgIpc) is 2.67. The Morgan fingerprint density at radius 2 is 1.77 bits per heavy atom. The molecule has 0 saturated heterocycles. The van der Waals surface area contributed by atoms with Gasteiger partial charge in [0, 0.05) is 23.3 Å². The zero-order valence-corrected chi connectivity index (χ0v) is 16.1. The standard InChI is InChI=1S/C21H18BrNO3/c1-25-18-11-17(22)19(26-2)9-16(18)15-10-20(24)23-21-13-6-4-3-5-12(13)7-8-14(15)21/h3-9,11,15H,10H2,1-2H3,(H,23,24)/t15-/m0/s1. The SMILES string of the molecule is COc1cc([C@H]2CC(=O)Nc3c2ccc2ccccc32)c(OC)cc1Br. The maximum Gasteiger partial charge on any atom is 0.225 e. The fourth-order valence-corrected chi connectivity index (χ4v) is 4.12. The van der Waals surface area contributed by atoms with E-state index in [0.717, 1.165) is 37.8 Å². The van der Waals surface area contributed by atoms with Crippen molar-refractivity contribution in [2.45, 2.75) is 12.3 Å². The van der Waals surface area contributed by atoms with E-state index in [-0.39, 0.29) is 11.8 Å². The van der Waals surface area contributed by atoms with Crippen LogP contribution in [0.1, 0.15) is 23.5 Å². The van der Waals surface area contributed by atoms with Crippen LogP contribution in [-0.2, 0) is 4.79 Å². The topological polar surface area (TPSA) is 47.6 Å². The van der Waals surface area contributed by atoms with Gasteiger partial charge in [0.25, 0.3) is 0 Å². The van der Waals surface area contributed by atoms with E-state index in [2.05, 4.69) is 39.4 Å². The maximum atomic E-state index is 12.5. The van der Waals surface area contributed by atoms with Crippen LogP contribution in [0.4, 0.5) is 5.69 Å². The highest BCUT2D eigenvalue weighted by molar-refractivity contribution is 9.10. The third-order valence-corrected chi connectivity index (χ3v) is 5.49. The van der Waals surface area contributed by atoms with Gasteiger partial charge in [0.1, 0.15) is 11.5 Å². The molecule has 0 bridgehead atoms. The van der Waals surface area contributed by atoms with Crippen molar-refractivity contribution in [2.75, 3.05) is 19.5 Å². The Balaban J connectivity index is 1.95. The minimum atomic E-state index is -0.0969. The van der Waals surface area contributed by atoms with Gasteiger partial charge in [-0.2, -0.15) is 0 Å². The van der Waals surface area contributed by atoms with Crippen molar-refractivity contribution >= 4 is 38.3 Å². The third kappa shape index (κ3) is 2.72. The number of carbonyl (C=O) groups is 1. The van der Waals surface area contributed by atoms with Crippen molar-refractivity contribution in [1.82, 2.24) is 0 Å². The van der Waals surface area contributed by atoms with E-state index in [0.29, 0.717) is 12.2 Å². The number of carbonyl (C=O) groups excluding carboxylic acids is 1. The van der Waals surface area contributed by atoms with E-state index in [4.69, 9.17) is 9.47 Å². The molecule has 0 fully saturated rings. The zero-order valence-electron chi connectivity index (χ0n) is 14.5. The third-order valence-electron chi connectivity index (χ3n) is 4.87. The van der Waals surface area contributed by atoms with Crippen LogP contribution in [0.25, 0.3) is 10.8 Å². The molecule has 1 amide bonds. The molecular weight excluding hydrogens is 394 g/mol. The Morgan fingerprint density at radius 1 is 1.00 bits per heavy atom. The van der Waals surface area contributed by atoms with E-state index in [9.17, 15) is 4.79 Å². The second-order valence-corrected chi connectivity index (χ2v) is 7.14. The van der Waals surface area contributed by atoms with Gasteiger partial charge in [0.05, 0.1) is 24.4 Å². The van der Waals surface area contributed by atoms with Gasteiger partial charge in [-0.15, -0.1) is 0 Å². The van der Waals surface area contributed by atoms with Crippen LogP contribution in [0.2, 0.25) is 0 Å². The second-order valence-electron chi connectivity index (χ2n) is 6.28. The van der Waals surface area contributed by atoms with Gasteiger partial charge >= 0.3 is 0 Å². The summed E-state index contributed by atoms with van der Waals surface area (Å²) >= 11 is 3.50. The van der Waals surface area contributed by atoms with Crippen molar-refractivity contribution in [3.8, 4) is 11.5 Å². The fourth-order valence-electron chi connectivity index (χ4n) is 3.64. The van der Waals surface area contributed by atoms with Gasteiger partial charge in [0.2, 0.25) is 5.91 Å². The highest BCUT2D eigenvalue weighted by Gasteiger charge is 2.30. The summed E-state index contributed by atoms with van der Waals surface area (Å²) in [5.41, 5.74) is 2.91. The molecule has 26 heavy (non-hydrogen) atoms. The van der Waals surface area contributed by atoms with Crippen LogP contribution in [0, 0.1) is 0 Å². The minimum absolute atomic E-state index is 0.00258. The molecule has 0 saturated carbocycles. The van der Waals surface area contributed by atoms with E-state index < -0.39 is 0 Å². The predicted octanol–water partition coefficient (Wildman–Crippen LogP) is 5.09. The molecule has 4 nitrogen and oxygen atoms in total. The molecule has 1 atom stereocenters. The normalized spacial score (nSPS) is 16.1. The van der Waals surface area contributed by atoms with Crippen molar-refractivity contribution in [3.63, 3.8) is 0 Å². The fraction of sp³-hybridized carbons (Fsp3) is 0.190. The number of benzene rings is 3. The Bertz CT molecular complexity index is 1020. The molecular formula is C21H18BrNO3. The molecule has 1 aliphatic rings. The molecule has 0 aliphatic carbocycles. The summed E-state index contributed by atoms with van der Waals surface area (Å²) in [5.74, 6) is 1.36. The molecule has 0 radical (unpaired) electrons. The van der Waals surface area contributed by atoms with Crippen molar-refractivity contribution in [3.05, 3.63) is 64.1 Å². The van der Waals surface area contributed by atoms with Crippen molar-refractivity contribution in [1.29, 1.82) is 0 Å². The van der Waals surface area contributed by atoms with Crippen LogP contribution < -0.4 is 14.8 Å². The zero-order chi connectivity index (χ0) is 18.3. The number of halogens is 1. The summed E-state index contributed by atoms with van der Waals surface area (Å²) < 4.78 is 11.9. The van der Waals surface area contributed by atoms with Gasteiger partial charge in [-0.3, -0.25) is 4.79 Å². The Labute approximate surface area is 160 Å². The van der Waals surface area contributed by atoms with E-state index in [1.165, 1.54) is 0 Å². The first-order chi connectivity index (χ1) is 12.6. The van der Waals surface area contributed by atoms with Gasteiger partial charge in [-0.1, -0.05) is 36.4 Å². The summed E-state index contributed by atoms with van der Waals surface area (Å²) in [6.45, 7) is 0. The molecule has 4 rings (SSSR count). The van der Waals surface area contributed by atoms with Crippen LogP contribution in [0.3, 0.4) is 0 Å². The molecule has 132 valence electrons. The van der Waals surface area contributed by atoms with Crippen LogP contribution in [0.15, 0.2) is 53.0 Å². The number of rotatable bonds is 3. The van der Waals surface area contributed by atoms with Gasteiger partial charge in [-0.25, -0.2) is 0 Å². The Kier molecular flexibility index (Phi) is 4.32. The van der Waals surface area contributed by atoms with Crippen molar-refractivity contribution in [2.24, 2.45) is 0 Å². The van der Waals surface area contributed by atoms with Crippen LogP contribution in [0.5, 0.6) is 11.5 Å². The first kappa shape index (κ1) is 16.9. The largest absolute Gasteiger partial charge is 0.496 e. The van der Waals surface area contributed by atoms with Crippen LogP contribution >= 0.6 is 15.9 Å². The summed E-state index contributed by atoms with van der Waals surface area (Å²) in [6.07, 6.45) is 0.368. The summed E-state index contributed by atoms with van der Waals surface area (Å²) in [5, 5.41) is 5.21. The van der Waals surface area contributed by atoms with E-state index in [1.807, 2.05) is 30.3 Å². The lowest BCUT2D eigenvalue weighted by Gasteiger charge is -2.28. The van der Waals surface area contributed by atoms with E-state index in [1.54, 1.807) is 14.2 Å². The summed E-state index contributed by atoms with van der Waals surface area (Å²) in [6, 6.07) is 16.1. The highest BCUT2D eigenvalue weighted by atomic mass is 79.9. The molecule has 1 N–H and O–H groups in total. The molecule has 3 aromatic rings. The Hall–Kier alpha value is -2.53. The van der Waals surface area contributed by atoms with Gasteiger partial charge in [0.15, 0.2) is 0 Å². The lowest BCUT2D eigenvalue weighted by molar-refractivity contribution is -0.116. The molecule has 3 aromatic carbocycles. The first-order valence-corrected chi connectivity index (χ1v) is 9.14. The number of hydrogen-bond acceptors (Lipinski definition) is 3. The quantitative estimate of drug-likeness (QED) is 0.652. The van der Waals surface area contributed by atoms with Gasteiger partial charge < -0.3 is 14.8 Å². The number of fused-ring (bicyclic) bond motifs is 3. The highest BCUT2D eigenvalue weighted by Crippen LogP contribution is 2.45. The lowest BCUT2D eigenvalue weighted by Crippen LogP contribution is -2.24. The maximum absolute atomic E-state index is 12.5. The predicted molar refractivity (Wildman–Crippen MR) is 106 cm³/mol. The molecule has 0 unspecified atom stereocenters. The monoisotopic (exact) mass is 411 g/mol. The first-order valence-electron chi connectivity index (χ1n) is 8.35. The van der Waals surface area contributed by atoms with Crippen LogP contribution in [-0.4, -0.2) is 20.1 Å². The lowest BCUT2D eigenvalue weighted by atomic mass is 9.83. The summed E-state index contributed by atoms with van der Waals surface area (Å²) in [4.78, 5) is 12.5. The number of amides is 1. The number of hydrogen-bond donors (Lipinski definition) is 1. The van der Waals surface area contributed by atoms with E-state index >= 15 is 0 Å². The molecule has 0 aromatic heterocycles. The number of methoxy groups -OCH3 is 2. The molecule has 0 spiro atoms. The molecule has 5 heteroatoms. The molecule has 1 heterocycles. The minimum Gasteiger partial charge on any atom is -0.496 e. The summed E-state index contributed by atoms with van der Waals surface area (Å²) in [7, 11) is 3.27. The smallest absolute Gasteiger partial charge is 0.225 e. The van der Waals surface area contributed by atoms with Crippen molar-refractivity contribution < 1.29 is 14.3 Å². The second kappa shape index (κ2) is 6.65. The number of nitrogens with one attached hydrogen (secondary N) is 1. The van der Waals surface area contributed by atoms with Gasteiger partial charge in [-0.05, 0) is 39.0 Å². The molecule has 1 aliphatic heterocycles.